The molecule has 1 aliphatic rings. The fourth-order valence-electron chi connectivity index (χ4n) is 2.50. The number of carboxylic acids is 1. The zero-order chi connectivity index (χ0) is 15.4. The average molecular weight is 290 g/mol. The summed E-state index contributed by atoms with van der Waals surface area (Å²) in [7, 11) is 0. The molecule has 0 saturated carbocycles. The van der Waals surface area contributed by atoms with Gasteiger partial charge in [0.15, 0.2) is 0 Å². The predicted molar refractivity (Wildman–Crippen MR) is 77.1 cm³/mol. The first-order valence-electron chi connectivity index (χ1n) is 6.90. The van der Waals surface area contributed by atoms with Gasteiger partial charge in [-0.3, -0.25) is 9.59 Å². The third kappa shape index (κ3) is 3.59. The van der Waals surface area contributed by atoms with Crippen molar-refractivity contribution in [2.45, 2.75) is 32.2 Å². The van der Waals surface area contributed by atoms with Crippen molar-refractivity contribution < 1.29 is 19.5 Å². The van der Waals surface area contributed by atoms with E-state index < -0.39 is 12.0 Å². The SMILES string of the molecule is CC(=O)Nc1ccc(C(=O)N2CCCCC2C(=O)O)cc1. The molecule has 1 aromatic carbocycles. The molecule has 6 nitrogen and oxygen atoms in total. The summed E-state index contributed by atoms with van der Waals surface area (Å²) in [5, 5.41) is 11.8. The number of nitrogens with one attached hydrogen (secondary N) is 1. The molecule has 2 rings (SSSR count). The smallest absolute Gasteiger partial charge is 0.326 e. The molecule has 21 heavy (non-hydrogen) atoms. The summed E-state index contributed by atoms with van der Waals surface area (Å²) in [5.41, 5.74) is 1.03. The summed E-state index contributed by atoms with van der Waals surface area (Å²) in [6.07, 6.45) is 2.13. The van der Waals surface area contributed by atoms with Crippen molar-refractivity contribution in [3.8, 4) is 0 Å². The van der Waals surface area contributed by atoms with E-state index in [1.807, 2.05) is 0 Å². The van der Waals surface area contributed by atoms with Crippen LogP contribution in [-0.4, -0.2) is 40.4 Å². The van der Waals surface area contributed by atoms with Gasteiger partial charge in [0.1, 0.15) is 6.04 Å². The van der Waals surface area contributed by atoms with Crippen LogP contribution in [-0.2, 0) is 9.59 Å². The number of carboxylic acid groups (broad SMARTS) is 1. The topological polar surface area (TPSA) is 86.7 Å². The molecule has 1 heterocycles. The van der Waals surface area contributed by atoms with E-state index in [4.69, 9.17) is 0 Å². The zero-order valence-electron chi connectivity index (χ0n) is 11.8. The Bertz CT molecular complexity index is 553. The molecule has 2 amide bonds. The van der Waals surface area contributed by atoms with Crippen LogP contribution in [0.5, 0.6) is 0 Å². The van der Waals surface area contributed by atoms with Gasteiger partial charge in [-0.05, 0) is 43.5 Å². The van der Waals surface area contributed by atoms with E-state index in [1.54, 1.807) is 24.3 Å². The maximum Gasteiger partial charge on any atom is 0.326 e. The number of rotatable bonds is 3. The van der Waals surface area contributed by atoms with Crippen molar-refractivity contribution in [3.63, 3.8) is 0 Å². The Morgan fingerprint density at radius 3 is 2.43 bits per heavy atom. The molecule has 112 valence electrons. The molecule has 0 aliphatic carbocycles. The first-order chi connectivity index (χ1) is 9.99. The maximum absolute atomic E-state index is 12.4. The van der Waals surface area contributed by atoms with Crippen molar-refractivity contribution >= 4 is 23.5 Å². The number of hydrogen-bond donors (Lipinski definition) is 2. The van der Waals surface area contributed by atoms with Crippen molar-refractivity contribution in [3.05, 3.63) is 29.8 Å². The third-order valence-electron chi connectivity index (χ3n) is 3.50. The van der Waals surface area contributed by atoms with Gasteiger partial charge in [0.25, 0.3) is 5.91 Å². The summed E-state index contributed by atoms with van der Waals surface area (Å²) in [4.78, 5) is 36.0. The second-order valence-corrected chi connectivity index (χ2v) is 5.11. The summed E-state index contributed by atoms with van der Waals surface area (Å²) >= 11 is 0. The fourth-order valence-corrected chi connectivity index (χ4v) is 2.50. The lowest BCUT2D eigenvalue weighted by Gasteiger charge is -2.33. The Hall–Kier alpha value is -2.37. The van der Waals surface area contributed by atoms with E-state index >= 15 is 0 Å². The maximum atomic E-state index is 12.4. The van der Waals surface area contributed by atoms with Gasteiger partial charge in [0, 0.05) is 24.7 Å². The van der Waals surface area contributed by atoms with Gasteiger partial charge in [-0.25, -0.2) is 4.79 Å². The van der Waals surface area contributed by atoms with Crippen molar-refractivity contribution in [2.24, 2.45) is 0 Å². The Kier molecular flexibility index (Phi) is 4.57. The number of amides is 2. The highest BCUT2D eigenvalue weighted by Gasteiger charge is 2.32. The van der Waals surface area contributed by atoms with Gasteiger partial charge in [0.2, 0.25) is 5.91 Å². The van der Waals surface area contributed by atoms with Gasteiger partial charge in [-0.2, -0.15) is 0 Å². The number of aliphatic carboxylic acids is 1. The van der Waals surface area contributed by atoms with Gasteiger partial charge in [-0.15, -0.1) is 0 Å². The van der Waals surface area contributed by atoms with Crippen LogP contribution < -0.4 is 5.32 Å². The molecule has 2 N–H and O–H groups in total. The van der Waals surface area contributed by atoms with E-state index in [1.165, 1.54) is 11.8 Å². The highest BCUT2D eigenvalue weighted by Crippen LogP contribution is 2.20. The molecule has 1 unspecified atom stereocenters. The molecule has 1 fully saturated rings. The minimum Gasteiger partial charge on any atom is -0.480 e. The van der Waals surface area contributed by atoms with Crippen LogP contribution in [0.1, 0.15) is 36.5 Å². The monoisotopic (exact) mass is 290 g/mol. The lowest BCUT2D eigenvalue weighted by Crippen LogP contribution is -2.47. The van der Waals surface area contributed by atoms with Gasteiger partial charge >= 0.3 is 5.97 Å². The molecule has 1 saturated heterocycles. The zero-order valence-corrected chi connectivity index (χ0v) is 11.8. The molecule has 1 atom stereocenters. The molecule has 1 aromatic rings. The van der Waals surface area contributed by atoms with Crippen molar-refractivity contribution in [1.29, 1.82) is 0 Å². The Morgan fingerprint density at radius 1 is 1.19 bits per heavy atom. The summed E-state index contributed by atoms with van der Waals surface area (Å²) in [5.74, 6) is -1.43. The van der Waals surface area contributed by atoms with Crippen LogP contribution in [0.15, 0.2) is 24.3 Å². The van der Waals surface area contributed by atoms with E-state index in [2.05, 4.69) is 5.32 Å². The average Bonchev–Trinajstić information content (AvgIpc) is 2.46. The molecule has 0 aromatic heterocycles. The first-order valence-corrected chi connectivity index (χ1v) is 6.90. The quantitative estimate of drug-likeness (QED) is 0.887. The third-order valence-corrected chi connectivity index (χ3v) is 3.50. The molecule has 0 spiro atoms. The molecular weight excluding hydrogens is 272 g/mol. The number of piperidine rings is 1. The van der Waals surface area contributed by atoms with Crippen LogP contribution in [0.25, 0.3) is 0 Å². The number of carbonyl (C=O) groups excluding carboxylic acids is 2. The fraction of sp³-hybridized carbons (Fsp3) is 0.400. The Labute approximate surface area is 122 Å². The van der Waals surface area contributed by atoms with Crippen LogP contribution in [0.4, 0.5) is 5.69 Å². The number of nitrogens with zero attached hydrogens (tertiary/aromatic N) is 1. The largest absolute Gasteiger partial charge is 0.480 e. The Morgan fingerprint density at radius 2 is 1.86 bits per heavy atom. The van der Waals surface area contributed by atoms with E-state index in [9.17, 15) is 19.5 Å². The minimum absolute atomic E-state index is 0.184. The minimum atomic E-state index is -0.960. The number of carbonyl (C=O) groups is 3. The van der Waals surface area contributed by atoms with E-state index in [-0.39, 0.29) is 11.8 Å². The normalized spacial score (nSPS) is 18.1. The van der Waals surface area contributed by atoms with Crippen LogP contribution in [0, 0.1) is 0 Å². The standard InChI is InChI=1S/C15H18N2O4/c1-10(18)16-12-7-5-11(6-8-12)14(19)17-9-3-2-4-13(17)15(20)21/h5-8,13H,2-4,9H2,1H3,(H,16,18)(H,20,21). The van der Waals surface area contributed by atoms with Gasteiger partial charge < -0.3 is 15.3 Å². The highest BCUT2D eigenvalue weighted by atomic mass is 16.4. The molecule has 0 radical (unpaired) electrons. The molecule has 6 heteroatoms. The summed E-state index contributed by atoms with van der Waals surface area (Å²) in [6, 6.07) is 5.71. The second kappa shape index (κ2) is 6.39. The van der Waals surface area contributed by atoms with Crippen LogP contribution in [0.2, 0.25) is 0 Å². The Balaban J connectivity index is 2.14. The molecule has 0 bridgehead atoms. The molecule has 1 aliphatic heterocycles. The van der Waals surface area contributed by atoms with Crippen molar-refractivity contribution in [1.82, 2.24) is 4.90 Å². The number of likely N-dealkylation sites (tertiary alicyclic amines) is 1. The van der Waals surface area contributed by atoms with Crippen LogP contribution >= 0.6 is 0 Å². The predicted octanol–water partition coefficient (Wildman–Crippen LogP) is 1.72. The van der Waals surface area contributed by atoms with Gasteiger partial charge in [0.05, 0.1) is 0 Å². The number of anilines is 1. The molecular formula is C15H18N2O4. The van der Waals surface area contributed by atoms with Gasteiger partial charge in [-0.1, -0.05) is 0 Å². The van der Waals surface area contributed by atoms with Crippen molar-refractivity contribution in [2.75, 3.05) is 11.9 Å². The van der Waals surface area contributed by atoms with Crippen LogP contribution in [0.3, 0.4) is 0 Å². The van der Waals surface area contributed by atoms with E-state index in [0.717, 1.165) is 12.8 Å². The number of benzene rings is 1. The summed E-state index contributed by atoms with van der Waals surface area (Å²) in [6.45, 7) is 1.87. The first kappa shape index (κ1) is 15.0. The number of hydrogen-bond acceptors (Lipinski definition) is 3. The lowest BCUT2D eigenvalue weighted by atomic mass is 10.0. The lowest BCUT2D eigenvalue weighted by molar-refractivity contribution is -0.143. The highest BCUT2D eigenvalue weighted by molar-refractivity contribution is 5.97. The van der Waals surface area contributed by atoms with E-state index in [0.29, 0.717) is 24.2 Å². The summed E-state index contributed by atoms with van der Waals surface area (Å²) < 4.78 is 0. The second-order valence-electron chi connectivity index (χ2n) is 5.11.